The summed E-state index contributed by atoms with van der Waals surface area (Å²) in [5, 5.41) is 4.64. The summed E-state index contributed by atoms with van der Waals surface area (Å²) in [6.45, 7) is 1.33. The first-order valence-electron chi connectivity index (χ1n) is 7.36. The number of allylic oxidation sites excluding steroid dienone is 1. The Bertz CT molecular complexity index is 845. The third-order valence-electron chi connectivity index (χ3n) is 3.20. The summed E-state index contributed by atoms with van der Waals surface area (Å²) < 4.78 is 38.2. The highest BCUT2D eigenvalue weighted by Crippen LogP contribution is 2.30. The fraction of sp³-hybridized carbons (Fsp3) is 0.118. The number of nitrogens with one attached hydrogen (secondary N) is 2. The second kappa shape index (κ2) is 7.68. The third kappa shape index (κ3) is 4.82. The van der Waals surface area contributed by atoms with Crippen molar-refractivity contribution < 1.29 is 22.8 Å². The molecule has 0 unspecified atom stereocenters. The lowest BCUT2D eigenvalue weighted by Gasteiger charge is -2.12. The number of pyridine rings is 1. The number of hydrogen-bond donors (Lipinski definition) is 3. The molecule has 2 amide bonds. The molecule has 136 valence electrons. The molecule has 2 aromatic rings. The van der Waals surface area contributed by atoms with Gasteiger partial charge >= 0.3 is 6.18 Å². The zero-order chi connectivity index (χ0) is 19.3. The van der Waals surface area contributed by atoms with E-state index in [9.17, 15) is 22.8 Å². The molecule has 0 bridgehead atoms. The summed E-state index contributed by atoms with van der Waals surface area (Å²) in [4.78, 5) is 28.5. The van der Waals surface area contributed by atoms with Gasteiger partial charge in [-0.25, -0.2) is 4.98 Å². The van der Waals surface area contributed by atoms with Crippen LogP contribution >= 0.6 is 0 Å². The third-order valence-corrected chi connectivity index (χ3v) is 3.20. The molecule has 0 aliphatic rings. The predicted molar refractivity (Wildman–Crippen MR) is 89.8 cm³/mol. The Hall–Kier alpha value is -3.36. The van der Waals surface area contributed by atoms with Crippen molar-refractivity contribution in [1.29, 1.82) is 0 Å². The summed E-state index contributed by atoms with van der Waals surface area (Å²) in [6.07, 6.45) is -3.11. The molecule has 9 heteroatoms. The van der Waals surface area contributed by atoms with Crippen LogP contribution in [-0.4, -0.2) is 16.8 Å². The largest absolute Gasteiger partial charge is 0.416 e. The van der Waals surface area contributed by atoms with Crippen molar-refractivity contribution in [3.05, 3.63) is 65.5 Å². The van der Waals surface area contributed by atoms with Gasteiger partial charge < -0.3 is 16.4 Å². The van der Waals surface area contributed by atoms with Gasteiger partial charge in [0, 0.05) is 17.6 Å². The van der Waals surface area contributed by atoms with Gasteiger partial charge in [0.2, 0.25) is 0 Å². The Morgan fingerprint density at radius 1 is 1.04 bits per heavy atom. The minimum Gasteiger partial charge on any atom is -0.401 e. The lowest BCUT2D eigenvalue weighted by atomic mass is 10.1. The second-order valence-corrected chi connectivity index (χ2v) is 5.26. The van der Waals surface area contributed by atoms with Crippen LogP contribution in [0.1, 0.15) is 12.5 Å². The Morgan fingerprint density at radius 2 is 1.73 bits per heavy atom. The Balaban J connectivity index is 2.20. The molecule has 0 spiro atoms. The molecule has 0 aliphatic heterocycles. The number of carbonyl (C=O) groups excluding carboxylic acids is 2. The number of halogens is 3. The van der Waals surface area contributed by atoms with Crippen LogP contribution in [0.2, 0.25) is 0 Å². The van der Waals surface area contributed by atoms with Gasteiger partial charge in [-0.1, -0.05) is 12.1 Å². The number of rotatable bonds is 4. The topological polar surface area (TPSA) is 97.1 Å². The molecule has 0 aliphatic carbocycles. The minimum absolute atomic E-state index is 0.0945. The first-order valence-corrected chi connectivity index (χ1v) is 7.36. The van der Waals surface area contributed by atoms with Gasteiger partial charge in [-0.05, 0) is 37.3 Å². The van der Waals surface area contributed by atoms with Gasteiger partial charge in [0.25, 0.3) is 11.8 Å². The number of nitrogens with zero attached hydrogens (tertiary/aromatic N) is 1. The number of carbonyl (C=O) groups is 2. The van der Waals surface area contributed by atoms with Gasteiger partial charge in [-0.3, -0.25) is 9.59 Å². The first-order chi connectivity index (χ1) is 12.2. The number of benzene rings is 1. The van der Waals surface area contributed by atoms with Crippen molar-refractivity contribution in [2.45, 2.75) is 13.1 Å². The monoisotopic (exact) mass is 364 g/mol. The molecule has 1 heterocycles. The number of alkyl halides is 3. The lowest BCUT2D eigenvalue weighted by Crippen LogP contribution is -2.28. The molecule has 0 saturated heterocycles. The molecule has 0 fully saturated rings. The van der Waals surface area contributed by atoms with Crippen molar-refractivity contribution in [3.8, 4) is 0 Å². The first kappa shape index (κ1) is 19.0. The molecular formula is C17H15F3N4O2. The van der Waals surface area contributed by atoms with E-state index in [1.54, 1.807) is 12.1 Å². The molecular weight excluding hydrogens is 349 g/mol. The fourth-order valence-corrected chi connectivity index (χ4v) is 2.04. The number of anilines is 2. The number of amides is 2. The quantitative estimate of drug-likeness (QED) is 0.441. The van der Waals surface area contributed by atoms with Gasteiger partial charge in [0.15, 0.2) is 0 Å². The maximum atomic E-state index is 12.7. The molecule has 0 saturated carbocycles. The summed E-state index contributed by atoms with van der Waals surface area (Å²) >= 11 is 0. The fourth-order valence-electron chi connectivity index (χ4n) is 2.04. The average molecular weight is 364 g/mol. The van der Waals surface area contributed by atoms with Crippen LogP contribution in [0, 0.1) is 0 Å². The zero-order valence-electron chi connectivity index (χ0n) is 13.6. The van der Waals surface area contributed by atoms with Crippen molar-refractivity contribution in [1.82, 2.24) is 4.98 Å². The predicted octanol–water partition coefficient (Wildman–Crippen LogP) is 2.91. The summed E-state index contributed by atoms with van der Waals surface area (Å²) in [5.74, 6) is -1.56. The van der Waals surface area contributed by atoms with Crippen LogP contribution in [-0.2, 0) is 15.8 Å². The van der Waals surface area contributed by atoms with Crippen LogP contribution in [0.5, 0.6) is 0 Å². The zero-order valence-corrected chi connectivity index (χ0v) is 13.6. The van der Waals surface area contributed by atoms with E-state index in [0.717, 1.165) is 18.2 Å². The van der Waals surface area contributed by atoms with Crippen molar-refractivity contribution >= 4 is 23.3 Å². The molecule has 1 aromatic carbocycles. The lowest BCUT2D eigenvalue weighted by molar-refractivity contribution is -0.137. The van der Waals surface area contributed by atoms with E-state index in [2.05, 4.69) is 15.6 Å². The normalized spacial score (nSPS) is 12.2. The van der Waals surface area contributed by atoms with Crippen molar-refractivity contribution in [2.24, 2.45) is 5.73 Å². The van der Waals surface area contributed by atoms with Crippen LogP contribution in [0.3, 0.4) is 0 Å². The SMILES string of the molecule is C/C(N)=C(\C(=O)Nc1cccc(C(F)(F)F)c1)C(=O)Nc1ccccn1. The molecule has 0 atom stereocenters. The van der Waals surface area contributed by atoms with Crippen LogP contribution in [0.15, 0.2) is 59.9 Å². The van der Waals surface area contributed by atoms with Gasteiger partial charge in [0.05, 0.1) is 5.56 Å². The molecule has 2 rings (SSSR count). The van der Waals surface area contributed by atoms with E-state index in [4.69, 9.17) is 5.73 Å². The highest BCUT2D eigenvalue weighted by Gasteiger charge is 2.30. The smallest absolute Gasteiger partial charge is 0.401 e. The highest BCUT2D eigenvalue weighted by molar-refractivity contribution is 6.26. The molecule has 4 N–H and O–H groups in total. The van der Waals surface area contributed by atoms with Gasteiger partial charge in [-0.2, -0.15) is 13.2 Å². The minimum atomic E-state index is -4.56. The number of nitrogens with two attached hydrogens (primary N) is 1. The Kier molecular flexibility index (Phi) is 5.61. The van der Waals surface area contributed by atoms with Gasteiger partial charge in [0.1, 0.15) is 11.4 Å². The molecule has 6 nitrogen and oxygen atoms in total. The standard InChI is InChI=1S/C17H15F3N4O2/c1-10(21)14(16(26)24-13-7-2-3-8-22-13)15(25)23-12-6-4-5-11(9-12)17(18,19)20/h2-9H,21H2,1H3,(H,23,25)(H,22,24,26)/b14-10-. The van der Waals surface area contributed by atoms with E-state index in [-0.39, 0.29) is 17.2 Å². The Morgan fingerprint density at radius 3 is 2.31 bits per heavy atom. The maximum Gasteiger partial charge on any atom is 0.416 e. The van der Waals surface area contributed by atoms with Crippen molar-refractivity contribution in [2.75, 3.05) is 10.6 Å². The van der Waals surface area contributed by atoms with Crippen LogP contribution in [0.25, 0.3) is 0 Å². The number of aromatic nitrogens is 1. The van der Waals surface area contributed by atoms with Gasteiger partial charge in [-0.15, -0.1) is 0 Å². The molecule has 1 aromatic heterocycles. The summed E-state index contributed by atoms with van der Waals surface area (Å²) in [7, 11) is 0. The van der Waals surface area contributed by atoms with E-state index in [1.165, 1.54) is 25.3 Å². The second-order valence-electron chi connectivity index (χ2n) is 5.26. The molecule has 26 heavy (non-hydrogen) atoms. The van der Waals surface area contributed by atoms with E-state index in [0.29, 0.717) is 0 Å². The Labute approximate surface area is 146 Å². The summed E-state index contributed by atoms with van der Waals surface area (Å²) in [6, 6.07) is 8.82. The van der Waals surface area contributed by atoms with Crippen LogP contribution in [0.4, 0.5) is 24.7 Å². The van der Waals surface area contributed by atoms with E-state index < -0.39 is 29.1 Å². The maximum absolute atomic E-state index is 12.7. The number of hydrogen-bond acceptors (Lipinski definition) is 4. The average Bonchev–Trinajstić information content (AvgIpc) is 2.54. The summed E-state index contributed by atoms with van der Waals surface area (Å²) in [5.41, 5.74) is 4.04. The van der Waals surface area contributed by atoms with Crippen LogP contribution < -0.4 is 16.4 Å². The van der Waals surface area contributed by atoms with E-state index in [1.807, 2.05) is 0 Å². The van der Waals surface area contributed by atoms with E-state index >= 15 is 0 Å². The molecule has 0 radical (unpaired) electrons. The highest BCUT2D eigenvalue weighted by atomic mass is 19.4. The van der Waals surface area contributed by atoms with Crippen molar-refractivity contribution in [3.63, 3.8) is 0 Å².